The maximum Gasteiger partial charge on any atom is 0.0951 e. The molecule has 2 aromatic heterocycles. The Hall–Kier alpha value is -1.14. The number of hydrogen-bond acceptors (Lipinski definition) is 3. The van der Waals surface area contributed by atoms with Gasteiger partial charge in [0.2, 0.25) is 0 Å². The van der Waals surface area contributed by atoms with Gasteiger partial charge in [0.1, 0.15) is 0 Å². The fourth-order valence-corrected chi connectivity index (χ4v) is 2.54. The van der Waals surface area contributed by atoms with Crippen LogP contribution in [0, 0.1) is 0 Å². The Morgan fingerprint density at radius 1 is 1.44 bits per heavy atom. The molecule has 98 valence electrons. The lowest BCUT2D eigenvalue weighted by atomic mass is 10.1. The minimum absolute atomic E-state index is 0.0630. The van der Waals surface area contributed by atoms with E-state index in [1.54, 1.807) is 0 Å². The zero-order chi connectivity index (χ0) is 13.1. The number of nitrogens with zero attached hydrogens (tertiary/aromatic N) is 4. The predicted molar refractivity (Wildman–Crippen MR) is 74.3 cm³/mol. The Bertz CT molecular complexity index is 497. The van der Waals surface area contributed by atoms with Crippen LogP contribution in [-0.4, -0.2) is 26.1 Å². The van der Waals surface area contributed by atoms with E-state index in [9.17, 15) is 0 Å². The first-order valence-corrected chi connectivity index (χ1v) is 6.83. The molecule has 6 heteroatoms. The molecule has 0 aliphatic heterocycles. The van der Waals surface area contributed by atoms with Gasteiger partial charge in [-0.3, -0.25) is 9.36 Å². The van der Waals surface area contributed by atoms with Crippen LogP contribution >= 0.6 is 15.9 Å². The van der Waals surface area contributed by atoms with Gasteiger partial charge in [0, 0.05) is 20.3 Å². The number of halogens is 1. The topological polar surface area (TPSA) is 47.7 Å². The monoisotopic (exact) mass is 311 g/mol. The number of aryl methyl sites for hydroxylation is 2. The summed E-state index contributed by atoms with van der Waals surface area (Å²) in [5.74, 6) is 0. The second kappa shape index (κ2) is 5.67. The SMILES string of the molecule is CCCNC(c1ccn(C)n1)c1c(Br)cnn1C. The largest absolute Gasteiger partial charge is 0.304 e. The highest BCUT2D eigenvalue weighted by molar-refractivity contribution is 9.10. The van der Waals surface area contributed by atoms with Crippen LogP contribution < -0.4 is 5.32 Å². The highest BCUT2D eigenvalue weighted by Crippen LogP contribution is 2.27. The smallest absolute Gasteiger partial charge is 0.0951 e. The summed E-state index contributed by atoms with van der Waals surface area (Å²) in [6, 6.07) is 2.10. The summed E-state index contributed by atoms with van der Waals surface area (Å²) in [5.41, 5.74) is 2.11. The molecular weight excluding hydrogens is 294 g/mol. The molecule has 2 aromatic rings. The molecule has 0 saturated carbocycles. The molecule has 5 nitrogen and oxygen atoms in total. The summed E-state index contributed by atoms with van der Waals surface area (Å²) in [6.07, 6.45) is 4.86. The lowest BCUT2D eigenvalue weighted by molar-refractivity contribution is 0.535. The van der Waals surface area contributed by atoms with Crippen LogP contribution in [0.1, 0.15) is 30.8 Å². The van der Waals surface area contributed by atoms with Gasteiger partial charge in [0.15, 0.2) is 0 Å². The fourth-order valence-electron chi connectivity index (χ4n) is 1.96. The van der Waals surface area contributed by atoms with Gasteiger partial charge in [-0.1, -0.05) is 6.92 Å². The van der Waals surface area contributed by atoms with E-state index < -0.39 is 0 Å². The van der Waals surface area contributed by atoms with Gasteiger partial charge in [0.25, 0.3) is 0 Å². The van der Waals surface area contributed by atoms with Gasteiger partial charge in [-0.15, -0.1) is 0 Å². The molecule has 1 N–H and O–H groups in total. The molecule has 0 bridgehead atoms. The third kappa shape index (κ3) is 2.64. The lowest BCUT2D eigenvalue weighted by Crippen LogP contribution is -2.26. The highest BCUT2D eigenvalue weighted by Gasteiger charge is 2.22. The Kier molecular flexibility index (Phi) is 4.19. The van der Waals surface area contributed by atoms with Crippen molar-refractivity contribution in [3.8, 4) is 0 Å². The summed E-state index contributed by atoms with van der Waals surface area (Å²) in [5, 5.41) is 12.3. The van der Waals surface area contributed by atoms with Crippen molar-refractivity contribution in [2.24, 2.45) is 14.1 Å². The molecule has 0 spiro atoms. The first-order chi connectivity index (χ1) is 8.63. The molecule has 0 aliphatic rings. The van der Waals surface area contributed by atoms with E-state index in [0.29, 0.717) is 0 Å². The zero-order valence-corrected chi connectivity index (χ0v) is 12.5. The number of nitrogens with one attached hydrogen (secondary N) is 1. The van der Waals surface area contributed by atoms with Crippen molar-refractivity contribution >= 4 is 15.9 Å². The quantitative estimate of drug-likeness (QED) is 0.919. The summed E-state index contributed by atoms with van der Waals surface area (Å²) in [6.45, 7) is 3.10. The van der Waals surface area contributed by atoms with Crippen molar-refractivity contribution in [3.05, 3.63) is 34.3 Å². The molecule has 1 unspecified atom stereocenters. The zero-order valence-electron chi connectivity index (χ0n) is 10.9. The van der Waals surface area contributed by atoms with Crippen LogP contribution in [0.4, 0.5) is 0 Å². The van der Waals surface area contributed by atoms with E-state index in [-0.39, 0.29) is 6.04 Å². The van der Waals surface area contributed by atoms with E-state index >= 15 is 0 Å². The van der Waals surface area contributed by atoms with Gasteiger partial charge in [-0.25, -0.2) is 0 Å². The molecule has 0 aliphatic carbocycles. The van der Waals surface area contributed by atoms with Crippen molar-refractivity contribution in [1.29, 1.82) is 0 Å². The van der Waals surface area contributed by atoms with Crippen LogP contribution in [0.3, 0.4) is 0 Å². The van der Waals surface area contributed by atoms with E-state index in [2.05, 4.69) is 38.4 Å². The molecule has 2 rings (SSSR count). The van der Waals surface area contributed by atoms with Crippen molar-refractivity contribution in [1.82, 2.24) is 24.9 Å². The van der Waals surface area contributed by atoms with Crippen molar-refractivity contribution in [3.63, 3.8) is 0 Å². The van der Waals surface area contributed by atoms with Crippen LogP contribution in [0.25, 0.3) is 0 Å². The van der Waals surface area contributed by atoms with Gasteiger partial charge in [-0.2, -0.15) is 10.2 Å². The number of hydrogen-bond donors (Lipinski definition) is 1. The Balaban J connectivity index is 2.36. The van der Waals surface area contributed by atoms with Gasteiger partial charge in [0.05, 0.1) is 28.1 Å². The highest BCUT2D eigenvalue weighted by atomic mass is 79.9. The fraction of sp³-hybridized carbons (Fsp3) is 0.500. The standard InChI is InChI=1S/C12H18BrN5/c1-4-6-14-11(10-5-7-17(2)16-10)12-9(13)8-15-18(12)3/h5,7-8,11,14H,4,6H2,1-3H3. The molecular formula is C12H18BrN5. The maximum atomic E-state index is 4.49. The first-order valence-electron chi connectivity index (χ1n) is 6.03. The summed E-state index contributed by atoms with van der Waals surface area (Å²) in [4.78, 5) is 0. The first kappa shape index (κ1) is 13.3. The number of aromatic nitrogens is 4. The van der Waals surface area contributed by atoms with E-state index in [1.165, 1.54) is 0 Å². The minimum Gasteiger partial charge on any atom is -0.304 e. The molecule has 0 amide bonds. The number of rotatable bonds is 5. The van der Waals surface area contributed by atoms with E-state index in [0.717, 1.165) is 28.8 Å². The van der Waals surface area contributed by atoms with Crippen LogP contribution in [0.2, 0.25) is 0 Å². The Morgan fingerprint density at radius 3 is 2.72 bits per heavy atom. The van der Waals surface area contributed by atoms with E-state index in [1.807, 2.05) is 41.9 Å². The maximum absolute atomic E-state index is 4.49. The summed E-state index contributed by atoms with van der Waals surface area (Å²) in [7, 11) is 3.88. The Labute approximate surface area is 115 Å². The summed E-state index contributed by atoms with van der Waals surface area (Å²) < 4.78 is 4.70. The Morgan fingerprint density at radius 2 is 2.22 bits per heavy atom. The van der Waals surface area contributed by atoms with Crippen LogP contribution in [0.15, 0.2) is 22.9 Å². The predicted octanol–water partition coefficient (Wildman–Crippen LogP) is 2.01. The normalized spacial score (nSPS) is 12.9. The van der Waals surface area contributed by atoms with Gasteiger partial charge >= 0.3 is 0 Å². The molecule has 0 saturated heterocycles. The molecule has 0 aromatic carbocycles. The van der Waals surface area contributed by atoms with Gasteiger partial charge in [-0.05, 0) is 35.0 Å². The molecule has 0 radical (unpaired) electrons. The third-order valence-corrected chi connectivity index (χ3v) is 3.45. The average molecular weight is 312 g/mol. The second-order valence-corrected chi connectivity index (χ2v) is 5.16. The third-order valence-electron chi connectivity index (χ3n) is 2.84. The van der Waals surface area contributed by atoms with Crippen molar-refractivity contribution < 1.29 is 0 Å². The summed E-state index contributed by atoms with van der Waals surface area (Å²) >= 11 is 3.56. The van der Waals surface area contributed by atoms with Crippen LogP contribution in [-0.2, 0) is 14.1 Å². The molecule has 18 heavy (non-hydrogen) atoms. The van der Waals surface area contributed by atoms with Crippen LogP contribution in [0.5, 0.6) is 0 Å². The van der Waals surface area contributed by atoms with Gasteiger partial charge < -0.3 is 5.32 Å². The minimum atomic E-state index is 0.0630. The molecule has 0 fully saturated rings. The van der Waals surface area contributed by atoms with Crippen molar-refractivity contribution in [2.75, 3.05) is 6.54 Å². The molecule has 2 heterocycles. The molecule has 1 atom stereocenters. The lowest BCUT2D eigenvalue weighted by Gasteiger charge is -2.17. The average Bonchev–Trinajstić information content (AvgIpc) is 2.90. The second-order valence-electron chi connectivity index (χ2n) is 4.30. The van der Waals surface area contributed by atoms with E-state index in [4.69, 9.17) is 0 Å². The van der Waals surface area contributed by atoms with Crippen molar-refractivity contribution in [2.45, 2.75) is 19.4 Å².